The fraction of sp³-hybridized carbons (Fsp3) is 0. The average molecular weight is 663 g/mol. The van der Waals surface area contributed by atoms with Gasteiger partial charge in [-0.15, -0.1) is 0 Å². The maximum Gasteiger partial charge on any atom is 0.336 e. The Kier molecular flexibility index (Phi) is 6.35. The van der Waals surface area contributed by atoms with E-state index >= 15 is 0 Å². The molecule has 9 aromatic rings. The molecule has 0 saturated heterocycles. The molecule has 2 aliphatic heterocycles. The van der Waals surface area contributed by atoms with Crippen molar-refractivity contribution in [3.05, 3.63) is 188 Å². The number of hydrogen-bond acceptors (Lipinski definition) is 2. The van der Waals surface area contributed by atoms with Crippen molar-refractivity contribution >= 4 is 51.0 Å². The summed E-state index contributed by atoms with van der Waals surface area (Å²) in [5.74, 6) is 1.78. The number of fused-ring (bicyclic) bond motifs is 7. The van der Waals surface area contributed by atoms with Crippen LogP contribution in [0.4, 0.5) is 11.4 Å². The van der Waals surface area contributed by atoms with E-state index in [1.807, 2.05) is 0 Å². The first-order valence-electron chi connectivity index (χ1n) is 17.9. The molecular formula is C48H31BN2O. The molecule has 8 aromatic carbocycles. The highest BCUT2D eigenvalue weighted by Crippen LogP contribution is 2.46. The topological polar surface area (TPSA) is 17.4 Å². The number of anilines is 2. The number of aromatic nitrogens is 1. The Hall–Kier alpha value is -6.78. The molecule has 0 unspecified atom stereocenters. The van der Waals surface area contributed by atoms with Gasteiger partial charge in [-0.25, -0.2) is 0 Å². The fourth-order valence-corrected chi connectivity index (χ4v) is 8.54. The van der Waals surface area contributed by atoms with Gasteiger partial charge in [0.25, 0.3) is 0 Å². The third-order valence-corrected chi connectivity index (χ3v) is 10.8. The van der Waals surface area contributed by atoms with Crippen LogP contribution in [-0.2, 0) is 0 Å². The first-order chi connectivity index (χ1) is 25.8. The van der Waals surface area contributed by atoms with E-state index in [9.17, 15) is 0 Å². The lowest BCUT2D eigenvalue weighted by molar-refractivity contribution is 0.487. The summed E-state index contributed by atoms with van der Waals surface area (Å²) in [7, 11) is 0. The van der Waals surface area contributed by atoms with E-state index in [-0.39, 0.29) is 6.85 Å². The summed E-state index contributed by atoms with van der Waals surface area (Å²) in [5, 5.41) is 2.50. The number of para-hydroxylation sites is 3. The first kappa shape index (κ1) is 29.0. The summed E-state index contributed by atoms with van der Waals surface area (Å²) in [4.78, 5) is 2.53. The van der Waals surface area contributed by atoms with Crippen molar-refractivity contribution in [1.82, 2.24) is 4.57 Å². The van der Waals surface area contributed by atoms with E-state index in [0.29, 0.717) is 0 Å². The van der Waals surface area contributed by atoms with Crippen LogP contribution in [0.1, 0.15) is 0 Å². The molecule has 11 rings (SSSR count). The Morgan fingerprint density at radius 1 is 0.404 bits per heavy atom. The summed E-state index contributed by atoms with van der Waals surface area (Å²) in [5.41, 5.74) is 15.2. The van der Waals surface area contributed by atoms with Crippen molar-refractivity contribution < 1.29 is 4.74 Å². The van der Waals surface area contributed by atoms with Gasteiger partial charge in [-0.1, -0.05) is 127 Å². The zero-order chi connectivity index (χ0) is 34.2. The standard InChI is InChI=1S/C48H31BN2O/c1-3-14-32(15-4-1)34-18-13-19-37(28-34)51-45-25-12-9-22-40(45)41-29-35(33-16-5-2-6-17-33)30-47-48(41)49(51)42-31-36(26-27-46(42)52-47)50-43-23-10-7-20-38(43)39-21-8-11-24-44(39)50/h1-31H. The average Bonchev–Trinajstić information content (AvgIpc) is 3.56. The predicted molar refractivity (Wildman–Crippen MR) is 217 cm³/mol. The highest BCUT2D eigenvalue weighted by atomic mass is 16.5. The lowest BCUT2D eigenvalue weighted by Crippen LogP contribution is -2.59. The van der Waals surface area contributed by atoms with Crippen LogP contribution in [0, 0.1) is 0 Å². The number of hydrogen-bond donors (Lipinski definition) is 0. The molecule has 0 aliphatic carbocycles. The number of ether oxygens (including phenoxy) is 1. The Balaban J connectivity index is 1.19. The van der Waals surface area contributed by atoms with Crippen molar-refractivity contribution in [2.45, 2.75) is 0 Å². The first-order valence-corrected chi connectivity index (χ1v) is 17.9. The molecule has 0 N–H and O–H groups in total. The molecule has 0 spiro atoms. The minimum atomic E-state index is -0.132. The summed E-state index contributed by atoms with van der Waals surface area (Å²) >= 11 is 0. The fourth-order valence-electron chi connectivity index (χ4n) is 8.54. The third-order valence-electron chi connectivity index (χ3n) is 10.8. The molecule has 1 aromatic heterocycles. The molecule has 0 amide bonds. The Labute approximate surface area is 302 Å². The minimum absolute atomic E-state index is 0.132. The van der Waals surface area contributed by atoms with Crippen LogP contribution in [0.15, 0.2) is 188 Å². The summed E-state index contributed by atoms with van der Waals surface area (Å²) in [6.07, 6.45) is 0. The van der Waals surface area contributed by atoms with Gasteiger partial charge in [0.15, 0.2) is 0 Å². The van der Waals surface area contributed by atoms with Crippen LogP contribution in [0.5, 0.6) is 11.5 Å². The molecule has 0 atom stereocenters. The maximum absolute atomic E-state index is 6.99. The van der Waals surface area contributed by atoms with E-state index < -0.39 is 0 Å². The quantitative estimate of drug-likeness (QED) is 0.175. The van der Waals surface area contributed by atoms with Gasteiger partial charge in [0, 0.05) is 38.9 Å². The molecule has 0 saturated carbocycles. The Morgan fingerprint density at radius 2 is 1.04 bits per heavy atom. The SMILES string of the molecule is c1ccc(-c2cccc(N3B4c5cc(-n6c7ccccc7c7ccccc76)ccc5Oc5cc(-c6ccccc6)cc(c54)-c4ccccc43)c2)cc1. The highest BCUT2D eigenvalue weighted by molar-refractivity contribution is 6.92. The zero-order valence-corrected chi connectivity index (χ0v) is 28.3. The van der Waals surface area contributed by atoms with Crippen molar-refractivity contribution in [3.63, 3.8) is 0 Å². The zero-order valence-electron chi connectivity index (χ0n) is 28.3. The minimum Gasteiger partial charge on any atom is -0.458 e. The number of benzene rings is 8. The normalized spacial score (nSPS) is 12.7. The van der Waals surface area contributed by atoms with Gasteiger partial charge in [0.2, 0.25) is 0 Å². The summed E-state index contributed by atoms with van der Waals surface area (Å²) < 4.78 is 9.39. The van der Waals surface area contributed by atoms with Gasteiger partial charge in [-0.3, -0.25) is 0 Å². The summed E-state index contributed by atoms with van der Waals surface area (Å²) in [6, 6.07) is 67.9. The van der Waals surface area contributed by atoms with E-state index in [4.69, 9.17) is 4.74 Å². The van der Waals surface area contributed by atoms with E-state index in [2.05, 4.69) is 197 Å². The van der Waals surface area contributed by atoms with Crippen LogP contribution >= 0.6 is 0 Å². The van der Waals surface area contributed by atoms with Crippen molar-refractivity contribution in [3.8, 4) is 50.6 Å². The lowest BCUT2D eigenvalue weighted by atomic mass is 9.44. The van der Waals surface area contributed by atoms with Crippen LogP contribution < -0.4 is 20.5 Å². The maximum atomic E-state index is 6.99. The van der Waals surface area contributed by atoms with E-state index in [0.717, 1.165) is 33.9 Å². The predicted octanol–water partition coefficient (Wildman–Crippen LogP) is 11.1. The lowest BCUT2D eigenvalue weighted by Gasteiger charge is -2.42. The molecule has 3 heterocycles. The van der Waals surface area contributed by atoms with Crippen LogP contribution in [0.2, 0.25) is 0 Å². The van der Waals surface area contributed by atoms with Crippen molar-refractivity contribution in [2.75, 3.05) is 4.81 Å². The van der Waals surface area contributed by atoms with Crippen LogP contribution in [0.3, 0.4) is 0 Å². The summed E-state index contributed by atoms with van der Waals surface area (Å²) in [6.45, 7) is -0.132. The van der Waals surface area contributed by atoms with Gasteiger partial charge in [0.05, 0.1) is 11.0 Å². The Bertz CT molecular complexity index is 2790. The monoisotopic (exact) mass is 662 g/mol. The van der Waals surface area contributed by atoms with Crippen molar-refractivity contribution in [2.24, 2.45) is 0 Å². The molecular weight excluding hydrogens is 631 g/mol. The van der Waals surface area contributed by atoms with Gasteiger partial charge in [0.1, 0.15) is 11.5 Å². The van der Waals surface area contributed by atoms with Crippen LogP contribution in [0.25, 0.3) is 60.9 Å². The van der Waals surface area contributed by atoms with Gasteiger partial charge in [-0.2, -0.15) is 0 Å². The smallest absolute Gasteiger partial charge is 0.336 e. The second kappa shape index (κ2) is 11.4. The van der Waals surface area contributed by atoms with Crippen molar-refractivity contribution in [1.29, 1.82) is 0 Å². The molecule has 4 heteroatoms. The second-order valence-electron chi connectivity index (χ2n) is 13.7. The van der Waals surface area contributed by atoms with Gasteiger partial charge >= 0.3 is 6.85 Å². The largest absolute Gasteiger partial charge is 0.458 e. The molecule has 0 fully saturated rings. The van der Waals surface area contributed by atoms with Crippen LogP contribution in [-0.4, -0.2) is 11.4 Å². The molecule has 242 valence electrons. The Morgan fingerprint density at radius 3 is 1.79 bits per heavy atom. The van der Waals surface area contributed by atoms with Gasteiger partial charge < -0.3 is 14.1 Å². The number of rotatable bonds is 4. The molecule has 2 aliphatic rings. The van der Waals surface area contributed by atoms with E-state index in [1.54, 1.807) is 0 Å². The second-order valence-corrected chi connectivity index (χ2v) is 13.7. The third kappa shape index (κ3) is 4.34. The molecule has 0 bridgehead atoms. The van der Waals surface area contributed by atoms with E-state index in [1.165, 1.54) is 60.8 Å². The van der Waals surface area contributed by atoms with Gasteiger partial charge in [-0.05, 0) is 93.9 Å². The molecule has 52 heavy (non-hydrogen) atoms. The highest BCUT2D eigenvalue weighted by Gasteiger charge is 2.44. The molecule has 0 radical (unpaired) electrons. The molecule has 3 nitrogen and oxygen atoms in total. The number of nitrogens with zero attached hydrogens (tertiary/aromatic N) is 2.